The van der Waals surface area contributed by atoms with Crippen molar-refractivity contribution in [2.24, 2.45) is 0 Å². The van der Waals surface area contributed by atoms with Crippen molar-refractivity contribution < 1.29 is 8.78 Å². The Morgan fingerprint density at radius 2 is 1.95 bits per heavy atom. The molecule has 0 spiro atoms. The van der Waals surface area contributed by atoms with E-state index in [2.05, 4.69) is 11.4 Å². The quantitative estimate of drug-likeness (QED) is 0.864. The van der Waals surface area contributed by atoms with Gasteiger partial charge in [0.15, 0.2) is 0 Å². The lowest BCUT2D eigenvalue weighted by molar-refractivity contribution is 0.590. The Bertz CT molecular complexity index is 622. The highest BCUT2D eigenvalue weighted by molar-refractivity contribution is 5.70. The fourth-order valence-corrected chi connectivity index (χ4v) is 2.91. The molecule has 0 aliphatic heterocycles. The maximum Gasteiger partial charge on any atom is 0.131 e. The maximum absolute atomic E-state index is 13.9. The monoisotopic (exact) mass is 259 g/mol. The zero-order valence-electron chi connectivity index (χ0n) is 10.7. The number of hydrogen-bond donors (Lipinski definition) is 1. The van der Waals surface area contributed by atoms with E-state index in [1.54, 1.807) is 0 Å². The van der Waals surface area contributed by atoms with Crippen molar-refractivity contribution in [3.05, 3.63) is 59.2 Å². The van der Waals surface area contributed by atoms with Crippen LogP contribution in [-0.2, 0) is 6.42 Å². The van der Waals surface area contributed by atoms with Crippen LogP contribution in [-0.4, -0.2) is 7.05 Å². The summed E-state index contributed by atoms with van der Waals surface area (Å²) in [6, 6.07) is 9.77. The van der Waals surface area contributed by atoms with Gasteiger partial charge in [-0.2, -0.15) is 0 Å². The van der Waals surface area contributed by atoms with E-state index in [1.165, 1.54) is 17.7 Å². The van der Waals surface area contributed by atoms with Crippen molar-refractivity contribution in [1.82, 2.24) is 5.32 Å². The minimum Gasteiger partial charge on any atom is -0.313 e. The molecule has 1 N–H and O–H groups in total. The van der Waals surface area contributed by atoms with E-state index in [0.29, 0.717) is 11.6 Å². The molecule has 0 radical (unpaired) electrons. The van der Waals surface area contributed by atoms with E-state index >= 15 is 0 Å². The summed E-state index contributed by atoms with van der Waals surface area (Å²) in [7, 11) is 1.93. The summed E-state index contributed by atoms with van der Waals surface area (Å²) in [6.45, 7) is 0. The first-order chi connectivity index (χ1) is 9.20. The Hall–Kier alpha value is -1.74. The second-order valence-corrected chi connectivity index (χ2v) is 4.88. The Morgan fingerprint density at radius 1 is 1.11 bits per heavy atom. The van der Waals surface area contributed by atoms with E-state index < -0.39 is 5.82 Å². The summed E-state index contributed by atoms with van der Waals surface area (Å²) >= 11 is 0. The van der Waals surface area contributed by atoms with Gasteiger partial charge in [-0.1, -0.05) is 18.2 Å². The third-order valence-corrected chi connectivity index (χ3v) is 3.84. The topological polar surface area (TPSA) is 12.0 Å². The molecule has 1 atom stereocenters. The van der Waals surface area contributed by atoms with Crippen LogP contribution in [0, 0.1) is 11.6 Å². The smallest absolute Gasteiger partial charge is 0.131 e. The van der Waals surface area contributed by atoms with E-state index in [1.807, 2.05) is 19.2 Å². The van der Waals surface area contributed by atoms with Crippen LogP contribution in [0.4, 0.5) is 8.78 Å². The van der Waals surface area contributed by atoms with Gasteiger partial charge in [0, 0.05) is 11.6 Å². The molecule has 3 heteroatoms. The largest absolute Gasteiger partial charge is 0.313 e. The molecule has 1 nitrogen and oxygen atoms in total. The predicted octanol–water partition coefficient (Wildman–Crippen LogP) is 3.84. The number of benzene rings is 2. The Labute approximate surface area is 111 Å². The second kappa shape index (κ2) is 4.74. The molecule has 0 fully saturated rings. The van der Waals surface area contributed by atoms with E-state index in [9.17, 15) is 8.78 Å². The van der Waals surface area contributed by atoms with Crippen LogP contribution >= 0.6 is 0 Å². The molecule has 0 saturated heterocycles. The van der Waals surface area contributed by atoms with Gasteiger partial charge in [-0.3, -0.25) is 0 Å². The lowest BCUT2D eigenvalue weighted by Crippen LogP contribution is -2.12. The summed E-state index contributed by atoms with van der Waals surface area (Å²) in [6.07, 6.45) is 1.90. The van der Waals surface area contributed by atoms with Gasteiger partial charge in [-0.25, -0.2) is 8.78 Å². The van der Waals surface area contributed by atoms with Crippen molar-refractivity contribution in [3.8, 4) is 11.1 Å². The Morgan fingerprint density at radius 3 is 2.74 bits per heavy atom. The normalized spacial score (nSPS) is 17.5. The standard InChI is InChI=1S/C16H15F2N/c1-19-16-8-6-12-11(3-2-4-13(12)16)14-9-10(17)5-7-15(14)18/h2-5,7,9,16,19H,6,8H2,1H3. The molecule has 2 aromatic carbocycles. The average Bonchev–Trinajstić information content (AvgIpc) is 2.84. The molecular weight excluding hydrogens is 244 g/mol. The molecule has 98 valence electrons. The Kier molecular flexibility index (Phi) is 3.07. The van der Waals surface area contributed by atoms with Gasteiger partial charge in [0.05, 0.1) is 0 Å². The first kappa shape index (κ1) is 12.3. The number of halogens is 2. The van der Waals surface area contributed by atoms with Crippen molar-refractivity contribution in [2.75, 3.05) is 7.05 Å². The highest BCUT2D eigenvalue weighted by atomic mass is 19.1. The predicted molar refractivity (Wildman–Crippen MR) is 71.9 cm³/mol. The molecule has 2 aromatic rings. The molecule has 0 heterocycles. The van der Waals surface area contributed by atoms with Gasteiger partial charge in [-0.15, -0.1) is 0 Å². The summed E-state index contributed by atoms with van der Waals surface area (Å²) in [4.78, 5) is 0. The summed E-state index contributed by atoms with van der Waals surface area (Å²) < 4.78 is 27.3. The van der Waals surface area contributed by atoms with Gasteiger partial charge >= 0.3 is 0 Å². The van der Waals surface area contributed by atoms with Crippen LogP contribution in [0.15, 0.2) is 36.4 Å². The number of nitrogens with one attached hydrogen (secondary N) is 1. The number of hydrogen-bond acceptors (Lipinski definition) is 1. The first-order valence-corrected chi connectivity index (χ1v) is 6.45. The number of rotatable bonds is 2. The molecule has 0 aromatic heterocycles. The summed E-state index contributed by atoms with van der Waals surface area (Å²) in [5.41, 5.74) is 3.50. The molecular formula is C16H15F2N. The first-order valence-electron chi connectivity index (χ1n) is 6.45. The Balaban J connectivity index is 2.17. The fourth-order valence-electron chi connectivity index (χ4n) is 2.91. The molecule has 0 saturated carbocycles. The fraction of sp³-hybridized carbons (Fsp3) is 0.250. The van der Waals surface area contributed by atoms with Gasteiger partial charge in [-0.05, 0) is 54.8 Å². The molecule has 1 unspecified atom stereocenters. The van der Waals surface area contributed by atoms with Crippen molar-refractivity contribution in [3.63, 3.8) is 0 Å². The van der Waals surface area contributed by atoms with Crippen LogP contribution < -0.4 is 5.32 Å². The highest BCUT2D eigenvalue weighted by Crippen LogP contribution is 2.38. The minimum atomic E-state index is -0.405. The molecule has 1 aliphatic rings. The van der Waals surface area contributed by atoms with E-state index in [0.717, 1.165) is 30.0 Å². The SMILES string of the molecule is CNC1CCc2c(-c3cc(F)ccc3F)cccc21. The highest BCUT2D eigenvalue weighted by Gasteiger charge is 2.24. The van der Waals surface area contributed by atoms with Crippen LogP contribution in [0.5, 0.6) is 0 Å². The molecule has 3 rings (SSSR count). The van der Waals surface area contributed by atoms with E-state index in [-0.39, 0.29) is 5.82 Å². The zero-order chi connectivity index (χ0) is 13.4. The van der Waals surface area contributed by atoms with Gasteiger partial charge < -0.3 is 5.32 Å². The zero-order valence-corrected chi connectivity index (χ0v) is 10.7. The van der Waals surface area contributed by atoms with Crippen molar-refractivity contribution >= 4 is 0 Å². The van der Waals surface area contributed by atoms with Crippen LogP contribution in [0.2, 0.25) is 0 Å². The van der Waals surface area contributed by atoms with Crippen molar-refractivity contribution in [2.45, 2.75) is 18.9 Å². The lowest BCUT2D eigenvalue weighted by atomic mass is 9.96. The van der Waals surface area contributed by atoms with Gasteiger partial charge in [0.25, 0.3) is 0 Å². The molecule has 1 aliphatic carbocycles. The minimum absolute atomic E-state index is 0.312. The molecule has 0 bridgehead atoms. The maximum atomic E-state index is 13.9. The molecule has 19 heavy (non-hydrogen) atoms. The van der Waals surface area contributed by atoms with Crippen LogP contribution in [0.25, 0.3) is 11.1 Å². The van der Waals surface area contributed by atoms with E-state index in [4.69, 9.17) is 0 Å². The van der Waals surface area contributed by atoms with Crippen molar-refractivity contribution in [1.29, 1.82) is 0 Å². The van der Waals surface area contributed by atoms with Crippen LogP contribution in [0.1, 0.15) is 23.6 Å². The van der Waals surface area contributed by atoms with Gasteiger partial charge in [0.2, 0.25) is 0 Å². The number of fused-ring (bicyclic) bond motifs is 1. The molecule has 0 amide bonds. The second-order valence-electron chi connectivity index (χ2n) is 4.88. The summed E-state index contributed by atoms with van der Waals surface area (Å²) in [5.74, 6) is -0.778. The third kappa shape index (κ3) is 2.04. The lowest BCUT2D eigenvalue weighted by Gasteiger charge is -2.12. The van der Waals surface area contributed by atoms with Gasteiger partial charge in [0.1, 0.15) is 11.6 Å². The third-order valence-electron chi connectivity index (χ3n) is 3.84. The summed E-state index contributed by atoms with van der Waals surface area (Å²) in [5, 5.41) is 3.26. The average molecular weight is 259 g/mol. The van der Waals surface area contributed by atoms with Crippen LogP contribution in [0.3, 0.4) is 0 Å².